The van der Waals surface area contributed by atoms with Crippen molar-refractivity contribution >= 4 is 22.6 Å². The fraction of sp³-hybridized carbons (Fsp3) is 0.455. The van der Waals surface area contributed by atoms with E-state index in [4.69, 9.17) is 0 Å². The minimum Gasteiger partial charge on any atom is -0.353 e. The number of rotatable bonds is 5. The molecular formula is C22H26N2O2. The number of hydrogen-bond acceptors (Lipinski definition) is 2. The number of carbonyl (C=O) groups is 2. The first kappa shape index (κ1) is 17.1. The maximum absolute atomic E-state index is 13.0. The van der Waals surface area contributed by atoms with Crippen molar-refractivity contribution in [3.63, 3.8) is 0 Å². The molecule has 4 rings (SSSR count). The Hall–Kier alpha value is -2.36. The summed E-state index contributed by atoms with van der Waals surface area (Å²) in [5, 5.41) is 5.19. The third-order valence-corrected chi connectivity index (χ3v) is 5.64. The van der Waals surface area contributed by atoms with E-state index in [-0.39, 0.29) is 11.8 Å². The number of hydrogen-bond donors (Lipinski definition) is 1. The number of carbonyl (C=O) groups excluding carboxylic acids is 2. The van der Waals surface area contributed by atoms with Crippen LogP contribution in [0.4, 0.5) is 0 Å². The summed E-state index contributed by atoms with van der Waals surface area (Å²) in [6.45, 7) is 1.58. The monoisotopic (exact) mass is 350 g/mol. The highest BCUT2D eigenvalue weighted by atomic mass is 16.2. The van der Waals surface area contributed by atoms with Crippen molar-refractivity contribution in [3.05, 3.63) is 48.0 Å². The van der Waals surface area contributed by atoms with Crippen LogP contribution in [-0.2, 0) is 4.79 Å². The van der Waals surface area contributed by atoms with Gasteiger partial charge in [0.15, 0.2) is 0 Å². The number of fused-ring (bicyclic) bond motifs is 1. The van der Waals surface area contributed by atoms with Gasteiger partial charge in [0, 0.05) is 31.1 Å². The highest BCUT2D eigenvalue weighted by Crippen LogP contribution is 2.26. The number of nitrogens with one attached hydrogen (secondary N) is 1. The van der Waals surface area contributed by atoms with E-state index < -0.39 is 0 Å². The van der Waals surface area contributed by atoms with Crippen molar-refractivity contribution in [2.45, 2.75) is 44.6 Å². The zero-order valence-corrected chi connectivity index (χ0v) is 15.1. The molecule has 1 aliphatic carbocycles. The van der Waals surface area contributed by atoms with Gasteiger partial charge in [-0.1, -0.05) is 36.4 Å². The molecule has 2 aromatic carbocycles. The molecule has 0 bridgehead atoms. The zero-order chi connectivity index (χ0) is 17.9. The third-order valence-electron chi connectivity index (χ3n) is 5.64. The fourth-order valence-electron chi connectivity index (χ4n) is 3.87. The molecule has 2 amide bonds. The molecule has 0 unspecified atom stereocenters. The first-order chi connectivity index (χ1) is 12.7. The molecule has 1 saturated carbocycles. The van der Waals surface area contributed by atoms with E-state index in [0.29, 0.717) is 18.4 Å². The van der Waals surface area contributed by atoms with Crippen LogP contribution in [0.3, 0.4) is 0 Å². The van der Waals surface area contributed by atoms with Crippen LogP contribution < -0.4 is 5.32 Å². The highest BCUT2D eigenvalue weighted by Gasteiger charge is 2.26. The molecule has 4 heteroatoms. The van der Waals surface area contributed by atoms with Crippen LogP contribution in [0.1, 0.15) is 48.9 Å². The molecule has 1 heterocycles. The number of benzene rings is 2. The quantitative estimate of drug-likeness (QED) is 0.893. The lowest BCUT2D eigenvalue weighted by atomic mass is 9.91. The average Bonchev–Trinajstić information content (AvgIpc) is 3.50. The molecule has 0 aromatic heterocycles. The summed E-state index contributed by atoms with van der Waals surface area (Å²) in [5.41, 5.74) is 0.797. The van der Waals surface area contributed by atoms with Crippen molar-refractivity contribution in [2.75, 3.05) is 13.1 Å². The fourth-order valence-corrected chi connectivity index (χ4v) is 3.87. The lowest BCUT2D eigenvalue weighted by molar-refractivity contribution is -0.121. The number of nitrogens with zero attached hydrogens (tertiary/aromatic N) is 1. The van der Waals surface area contributed by atoms with Gasteiger partial charge in [-0.15, -0.1) is 0 Å². The van der Waals surface area contributed by atoms with Crippen LogP contribution in [0, 0.1) is 5.92 Å². The second-order valence-corrected chi connectivity index (χ2v) is 7.64. The Kier molecular flexibility index (Phi) is 4.91. The van der Waals surface area contributed by atoms with Gasteiger partial charge < -0.3 is 10.2 Å². The van der Waals surface area contributed by atoms with Gasteiger partial charge >= 0.3 is 0 Å². The van der Waals surface area contributed by atoms with Gasteiger partial charge in [-0.05, 0) is 54.9 Å². The number of likely N-dealkylation sites (tertiary alicyclic amines) is 1. The molecule has 4 nitrogen and oxygen atoms in total. The van der Waals surface area contributed by atoms with Crippen molar-refractivity contribution in [1.82, 2.24) is 10.2 Å². The largest absolute Gasteiger partial charge is 0.353 e. The number of amides is 2. The summed E-state index contributed by atoms with van der Waals surface area (Å²) in [6, 6.07) is 14.4. The van der Waals surface area contributed by atoms with Gasteiger partial charge in [0.25, 0.3) is 5.91 Å². The molecule has 26 heavy (non-hydrogen) atoms. The van der Waals surface area contributed by atoms with E-state index in [1.165, 1.54) is 0 Å². The summed E-state index contributed by atoms with van der Waals surface area (Å²) in [4.78, 5) is 26.8. The summed E-state index contributed by atoms with van der Waals surface area (Å²) in [5.74, 6) is 0.880. The Morgan fingerprint density at radius 2 is 1.69 bits per heavy atom. The topological polar surface area (TPSA) is 49.4 Å². The predicted octanol–water partition coefficient (Wildman–Crippen LogP) is 3.75. The van der Waals surface area contributed by atoms with E-state index in [9.17, 15) is 9.59 Å². The smallest absolute Gasteiger partial charge is 0.254 e. The van der Waals surface area contributed by atoms with Crippen LogP contribution in [0.2, 0.25) is 0 Å². The van der Waals surface area contributed by atoms with E-state index in [1.807, 2.05) is 47.4 Å². The maximum atomic E-state index is 13.0. The van der Waals surface area contributed by atoms with E-state index in [0.717, 1.165) is 61.5 Å². The first-order valence-electron chi connectivity index (χ1n) is 9.77. The second kappa shape index (κ2) is 7.48. The summed E-state index contributed by atoms with van der Waals surface area (Å²) < 4.78 is 0. The average molecular weight is 350 g/mol. The Labute approximate surface area is 154 Å². The maximum Gasteiger partial charge on any atom is 0.254 e. The van der Waals surface area contributed by atoms with Crippen LogP contribution in [0.5, 0.6) is 0 Å². The van der Waals surface area contributed by atoms with Gasteiger partial charge in [0.2, 0.25) is 5.91 Å². The molecule has 2 fully saturated rings. The SMILES string of the molecule is O=C(CCC1CCN(C(=O)c2cccc3ccccc23)CC1)NC1CC1. The van der Waals surface area contributed by atoms with Crippen molar-refractivity contribution in [2.24, 2.45) is 5.92 Å². The Morgan fingerprint density at radius 1 is 0.962 bits per heavy atom. The Bertz CT molecular complexity index is 799. The van der Waals surface area contributed by atoms with Gasteiger partial charge in [0.1, 0.15) is 0 Å². The van der Waals surface area contributed by atoms with Gasteiger partial charge in [-0.2, -0.15) is 0 Å². The lowest BCUT2D eigenvalue weighted by Gasteiger charge is -2.32. The predicted molar refractivity (Wildman–Crippen MR) is 103 cm³/mol. The van der Waals surface area contributed by atoms with E-state index in [2.05, 4.69) is 5.32 Å². The molecule has 0 radical (unpaired) electrons. The molecule has 136 valence electrons. The van der Waals surface area contributed by atoms with Gasteiger partial charge in [-0.25, -0.2) is 0 Å². The summed E-state index contributed by atoms with van der Waals surface area (Å²) in [7, 11) is 0. The summed E-state index contributed by atoms with van der Waals surface area (Å²) >= 11 is 0. The molecule has 0 spiro atoms. The minimum atomic E-state index is 0.131. The minimum absolute atomic E-state index is 0.131. The highest BCUT2D eigenvalue weighted by molar-refractivity contribution is 6.07. The standard InChI is InChI=1S/C22H26N2O2/c25-21(23-18-9-10-18)11-8-16-12-14-24(15-13-16)22(26)20-7-3-5-17-4-1-2-6-19(17)20/h1-7,16,18H,8-15H2,(H,23,25). The van der Waals surface area contributed by atoms with Crippen LogP contribution in [0.25, 0.3) is 10.8 Å². The van der Waals surface area contributed by atoms with E-state index in [1.54, 1.807) is 0 Å². The molecule has 2 aromatic rings. The van der Waals surface area contributed by atoms with Gasteiger partial charge in [-0.3, -0.25) is 9.59 Å². The van der Waals surface area contributed by atoms with Crippen molar-refractivity contribution in [3.8, 4) is 0 Å². The third kappa shape index (κ3) is 3.90. The van der Waals surface area contributed by atoms with Crippen LogP contribution in [0.15, 0.2) is 42.5 Å². The Morgan fingerprint density at radius 3 is 2.46 bits per heavy atom. The first-order valence-corrected chi connectivity index (χ1v) is 9.77. The van der Waals surface area contributed by atoms with Crippen molar-refractivity contribution < 1.29 is 9.59 Å². The van der Waals surface area contributed by atoms with Gasteiger partial charge in [0.05, 0.1) is 0 Å². The molecule has 1 N–H and O–H groups in total. The lowest BCUT2D eigenvalue weighted by Crippen LogP contribution is -2.38. The molecule has 1 aliphatic heterocycles. The number of piperidine rings is 1. The molecule has 0 atom stereocenters. The van der Waals surface area contributed by atoms with E-state index >= 15 is 0 Å². The van der Waals surface area contributed by atoms with Crippen LogP contribution in [-0.4, -0.2) is 35.8 Å². The summed E-state index contributed by atoms with van der Waals surface area (Å²) in [6.07, 6.45) is 5.83. The molecule has 1 saturated heterocycles. The van der Waals surface area contributed by atoms with Crippen LogP contribution >= 0.6 is 0 Å². The molecular weight excluding hydrogens is 324 g/mol. The molecule has 2 aliphatic rings. The zero-order valence-electron chi connectivity index (χ0n) is 15.1. The normalized spacial score (nSPS) is 18.1. The second-order valence-electron chi connectivity index (χ2n) is 7.64. The van der Waals surface area contributed by atoms with Crippen molar-refractivity contribution in [1.29, 1.82) is 0 Å². The Balaban J connectivity index is 1.32.